The first-order chi connectivity index (χ1) is 12.5. The Balaban J connectivity index is 1.91. The van der Waals surface area contributed by atoms with Crippen LogP contribution < -0.4 is 10.5 Å². The summed E-state index contributed by atoms with van der Waals surface area (Å²) in [6, 6.07) is 6.11. The smallest absolute Gasteiger partial charge is 0.249 e. The van der Waals surface area contributed by atoms with Crippen LogP contribution in [0, 0.1) is 5.41 Å². The van der Waals surface area contributed by atoms with Gasteiger partial charge < -0.3 is 10.2 Å². The standard InChI is InChI=1S/C19H25N3O3S2/c1-19(2,3)17(26)13-22-10-4-5-15(12-22)18(23)21-11-14-6-8-16(9-7-14)27(20,24)25/h4-10H,11-13H2,1-3H3,(H,21,23)(H2,20,24,25). The van der Waals surface area contributed by atoms with Crippen LogP contribution in [0.25, 0.3) is 0 Å². The number of nitrogens with zero attached hydrogens (tertiary/aromatic N) is 1. The van der Waals surface area contributed by atoms with Gasteiger partial charge in [0.25, 0.3) is 0 Å². The summed E-state index contributed by atoms with van der Waals surface area (Å²) >= 11 is 5.48. The van der Waals surface area contributed by atoms with Crippen LogP contribution in [0.2, 0.25) is 0 Å². The number of carbonyl (C=O) groups is 1. The summed E-state index contributed by atoms with van der Waals surface area (Å²) in [5.74, 6) is -0.165. The second kappa shape index (κ2) is 8.33. The zero-order valence-electron chi connectivity index (χ0n) is 15.7. The molecule has 1 heterocycles. The first-order valence-corrected chi connectivity index (χ1v) is 10.5. The molecule has 6 nitrogen and oxygen atoms in total. The quantitative estimate of drug-likeness (QED) is 0.705. The number of primary sulfonamides is 1. The molecular weight excluding hydrogens is 382 g/mol. The van der Waals surface area contributed by atoms with Crippen molar-refractivity contribution in [2.45, 2.75) is 32.2 Å². The number of rotatable bonds is 6. The van der Waals surface area contributed by atoms with E-state index in [-0.39, 0.29) is 16.2 Å². The number of sulfonamides is 1. The Labute approximate surface area is 166 Å². The molecule has 0 saturated carbocycles. The molecule has 3 N–H and O–H groups in total. The molecule has 0 radical (unpaired) electrons. The van der Waals surface area contributed by atoms with Crippen molar-refractivity contribution in [2.75, 3.05) is 13.1 Å². The summed E-state index contributed by atoms with van der Waals surface area (Å²) in [4.78, 5) is 15.4. The molecule has 0 unspecified atom stereocenters. The Morgan fingerprint density at radius 1 is 1.26 bits per heavy atom. The number of hydrogen-bond donors (Lipinski definition) is 2. The van der Waals surface area contributed by atoms with Crippen LogP contribution in [-0.2, 0) is 21.4 Å². The summed E-state index contributed by atoms with van der Waals surface area (Å²) in [5, 5.41) is 7.93. The van der Waals surface area contributed by atoms with Gasteiger partial charge in [-0.2, -0.15) is 0 Å². The minimum absolute atomic E-state index is 0.0446. The third-order valence-corrected chi connectivity index (χ3v) is 5.82. The van der Waals surface area contributed by atoms with Gasteiger partial charge >= 0.3 is 0 Å². The molecule has 1 aromatic carbocycles. The maximum absolute atomic E-state index is 12.4. The Bertz CT molecular complexity index is 880. The van der Waals surface area contributed by atoms with Crippen molar-refractivity contribution in [2.24, 2.45) is 10.6 Å². The van der Waals surface area contributed by atoms with Crippen LogP contribution in [0.15, 0.2) is 53.1 Å². The monoisotopic (exact) mass is 407 g/mol. The van der Waals surface area contributed by atoms with Gasteiger partial charge in [-0.05, 0) is 35.4 Å². The molecule has 0 bridgehead atoms. The van der Waals surface area contributed by atoms with E-state index in [0.717, 1.165) is 10.4 Å². The highest BCUT2D eigenvalue weighted by Crippen LogP contribution is 2.18. The lowest BCUT2D eigenvalue weighted by Crippen LogP contribution is -2.36. The largest absolute Gasteiger partial charge is 0.368 e. The summed E-state index contributed by atoms with van der Waals surface area (Å²) in [6.45, 7) is 7.64. The molecule has 0 fully saturated rings. The molecule has 1 aromatic rings. The van der Waals surface area contributed by atoms with Crippen LogP contribution in [-0.4, -0.2) is 37.2 Å². The second-order valence-electron chi connectivity index (χ2n) is 7.48. The highest BCUT2D eigenvalue weighted by Gasteiger charge is 2.21. The minimum atomic E-state index is -3.71. The van der Waals surface area contributed by atoms with Crippen LogP contribution in [0.5, 0.6) is 0 Å². The predicted molar refractivity (Wildman–Crippen MR) is 111 cm³/mol. The SMILES string of the molecule is CC(C)(C)C(=S)CN1C=CC=C(C(=O)NCc2ccc(S(N)(=O)=O)cc2)C1. The number of nitrogens with one attached hydrogen (secondary N) is 1. The zero-order chi connectivity index (χ0) is 20.2. The number of allylic oxidation sites excluding steroid dienone is 2. The van der Waals surface area contributed by atoms with Gasteiger partial charge in [-0.3, -0.25) is 4.79 Å². The maximum atomic E-state index is 12.4. The van der Waals surface area contributed by atoms with Crippen molar-refractivity contribution in [1.29, 1.82) is 0 Å². The fourth-order valence-corrected chi connectivity index (χ4v) is 3.06. The molecule has 1 aliphatic heterocycles. The molecular formula is C19H25N3O3S2. The molecule has 0 spiro atoms. The molecule has 1 aliphatic rings. The van der Waals surface area contributed by atoms with Gasteiger partial charge in [-0.1, -0.05) is 51.2 Å². The summed E-state index contributed by atoms with van der Waals surface area (Å²) < 4.78 is 22.5. The topological polar surface area (TPSA) is 92.5 Å². The highest BCUT2D eigenvalue weighted by atomic mass is 32.2. The van der Waals surface area contributed by atoms with Gasteiger partial charge in [-0.15, -0.1) is 0 Å². The lowest BCUT2D eigenvalue weighted by atomic mass is 9.91. The Hall–Kier alpha value is -2.03. The van der Waals surface area contributed by atoms with E-state index >= 15 is 0 Å². The molecule has 0 saturated heterocycles. The maximum Gasteiger partial charge on any atom is 0.249 e. The van der Waals surface area contributed by atoms with Crippen molar-refractivity contribution in [1.82, 2.24) is 10.2 Å². The lowest BCUT2D eigenvalue weighted by Gasteiger charge is -2.29. The van der Waals surface area contributed by atoms with Crippen LogP contribution in [0.4, 0.5) is 0 Å². The summed E-state index contributed by atoms with van der Waals surface area (Å²) in [7, 11) is -3.71. The molecule has 146 valence electrons. The first kappa shape index (κ1) is 21.3. The summed E-state index contributed by atoms with van der Waals surface area (Å²) in [5.41, 5.74) is 1.37. The molecule has 2 rings (SSSR count). The molecule has 0 aromatic heterocycles. The number of nitrogens with two attached hydrogens (primary N) is 1. The van der Waals surface area contributed by atoms with Crippen molar-refractivity contribution in [3.05, 3.63) is 53.8 Å². The Kier molecular flexibility index (Phi) is 6.56. The van der Waals surface area contributed by atoms with E-state index in [0.29, 0.717) is 25.2 Å². The minimum Gasteiger partial charge on any atom is -0.368 e. The van der Waals surface area contributed by atoms with E-state index in [4.69, 9.17) is 17.4 Å². The third-order valence-electron chi connectivity index (χ3n) is 4.15. The van der Waals surface area contributed by atoms with E-state index in [1.807, 2.05) is 17.2 Å². The lowest BCUT2D eigenvalue weighted by molar-refractivity contribution is -0.117. The fraction of sp³-hybridized carbons (Fsp3) is 0.368. The van der Waals surface area contributed by atoms with Crippen molar-refractivity contribution >= 4 is 33.0 Å². The van der Waals surface area contributed by atoms with E-state index in [1.165, 1.54) is 12.1 Å². The first-order valence-electron chi connectivity index (χ1n) is 8.51. The van der Waals surface area contributed by atoms with E-state index in [1.54, 1.807) is 18.2 Å². The zero-order valence-corrected chi connectivity index (χ0v) is 17.4. The van der Waals surface area contributed by atoms with Crippen LogP contribution in [0.3, 0.4) is 0 Å². The average Bonchev–Trinajstić information content (AvgIpc) is 2.58. The number of hydrogen-bond acceptors (Lipinski definition) is 5. The van der Waals surface area contributed by atoms with Crippen LogP contribution >= 0.6 is 12.2 Å². The molecule has 1 amide bonds. The molecule has 8 heteroatoms. The average molecular weight is 408 g/mol. The van der Waals surface area contributed by atoms with Gasteiger partial charge in [0.2, 0.25) is 15.9 Å². The normalized spacial score (nSPS) is 14.7. The van der Waals surface area contributed by atoms with E-state index < -0.39 is 10.0 Å². The second-order valence-corrected chi connectivity index (χ2v) is 9.54. The third kappa shape index (κ3) is 6.27. The van der Waals surface area contributed by atoms with Gasteiger partial charge in [0, 0.05) is 30.1 Å². The molecule has 0 aliphatic carbocycles. The van der Waals surface area contributed by atoms with Crippen LogP contribution in [0.1, 0.15) is 26.3 Å². The Morgan fingerprint density at radius 3 is 2.44 bits per heavy atom. The van der Waals surface area contributed by atoms with Crippen molar-refractivity contribution in [3.8, 4) is 0 Å². The van der Waals surface area contributed by atoms with Crippen molar-refractivity contribution < 1.29 is 13.2 Å². The number of benzene rings is 1. The Morgan fingerprint density at radius 2 is 1.89 bits per heavy atom. The highest BCUT2D eigenvalue weighted by molar-refractivity contribution is 7.89. The van der Waals surface area contributed by atoms with Gasteiger partial charge in [0.05, 0.1) is 4.90 Å². The van der Waals surface area contributed by atoms with Gasteiger partial charge in [0.1, 0.15) is 0 Å². The number of thiocarbonyl (C=S) groups is 1. The fourth-order valence-electron chi connectivity index (χ4n) is 2.38. The molecule has 0 atom stereocenters. The van der Waals surface area contributed by atoms with Gasteiger partial charge in [0.15, 0.2) is 0 Å². The molecule has 27 heavy (non-hydrogen) atoms. The van der Waals surface area contributed by atoms with E-state index in [2.05, 4.69) is 26.1 Å². The van der Waals surface area contributed by atoms with Gasteiger partial charge in [-0.25, -0.2) is 13.6 Å². The summed E-state index contributed by atoms with van der Waals surface area (Å²) in [6.07, 6.45) is 5.56. The number of carbonyl (C=O) groups excluding carboxylic acids is 1. The van der Waals surface area contributed by atoms with E-state index in [9.17, 15) is 13.2 Å². The van der Waals surface area contributed by atoms with Crippen molar-refractivity contribution in [3.63, 3.8) is 0 Å². The predicted octanol–water partition coefficient (Wildman–Crippen LogP) is 2.12. The number of amides is 1.